The summed E-state index contributed by atoms with van der Waals surface area (Å²) in [6.07, 6.45) is 3.61. The van der Waals surface area contributed by atoms with Gasteiger partial charge in [-0.3, -0.25) is 4.79 Å². The van der Waals surface area contributed by atoms with Crippen LogP contribution in [0.2, 0.25) is 0 Å². The van der Waals surface area contributed by atoms with Crippen molar-refractivity contribution in [2.45, 2.75) is 32.2 Å². The van der Waals surface area contributed by atoms with Crippen LogP contribution in [0.25, 0.3) is 0 Å². The van der Waals surface area contributed by atoms with Crippen molar-refractivity contribution in [3.63, 3.8) is 0 Å². The van der Waals surface area contributed by atoms with Crippen molar-refractivity contribution >= 4 is 11.5 Å². The fourth-order valence-electron chi connectivity index (χ4n) is 3.44. The van der Waals surface area contributed by atoms with Gasteiger partial charge in [-0.1, -0.05) is 30.3 Å². The number of ketones is 1. The van der Waals surface area contributed by atoms with Crippen LogP contribution in [0.5, 0.6) is 0 Å². The van der Waals surface area contributed by atoms with Gasteiger partial charge in [-0.05, 0) is 61.9 Å². The number of carbonyl (C=O) groups is 1. The molecule has 3 heteroatoms. The zero-order valence-electron chi connectivity index (χ0n) is 14.3. The second kappa shape index (κ2) is 7.63. The van der Waals surface area contributed by atoms with Crippen LogP contribution in [-0.2, 0) is 6.42 Å². The molecule has 1 fully saturated rings. The molecule has 0 spiro atoms. The molecule has 2 aromatic rings. The summed E-state index contributed by atoms with van der Waals surface area (Å²) in [5.74, 6) is 0.769. The third-order valence-corrected chi connectivity index (χ3v) is 4.91. The van der Waals surface area contributed by atoms with Crippen molar-refractivity contribution in [2.24, 2.45) is 11.7 Å². The zero-order chi connectivity index (χ0) is 16.9. The lowest BCUT2D eigenvalue weighted by Crippen LogP contribution is -2.34. The van der Waals surface area contributed by atoms with Gasteiger partial charge in [0.25, 0.3) is 0 Å². The van der Waals surface area contributed by atoms with E-state index in [1.807, 2.05) is 24.3 Å². The highest BCUT2D eigenvalue weighted by Gasteiger charge is 2.20. The van der Waals surface area contributed by atoms with Crippen molar-refractivity contribution < 1.29 is 4.79 Å². The van der Waals surface area contributed by atoms with Gasteiger partial charge in [0.1, 0.15) is 0 Å². The maximum Gasteiger partial charge on any atom is 0.179 e. The van der Waals surface area contributed by atoms with E-state index in [4.69, 9.17) is 5.73 Å². The van der Waals surface area contributed by atoms with Crippen molar-refractivity contribution in [1.82, 2.24) is 0 Å². The van der Waals surface area contributed by atoms with Crippen LogP contribution in [0.4, 0.5) is 5.69 Å². The summed E-state index contributed by atoms with van der Waals surface area (Å²) in [5.41, 5.74) is 9.01. The molecule has 1 aliphatic rings. The van der Waals surface area contributed by atoms with Crippen LogP contribution in [0.15, 0.2) is 54.6 Å². The number of Topliss-reactive ketones (excluding diaryl/α,β-unsaturated/α-hetero) is 1. The first kappa shape index (κ1) is 16.7. The number of anilines is 1. The Kier molecular flexibility index (Phi) is 5.31. The summed E-state index contributed by atoms with van der Waals surface area (Å²) in [4.78, 5) is 14.3. The van der Waals surface area contributed by atoms with Gasteiger partial charge in [0.2, 0.25) is 0 Å². The summed E-state index contributed by atoms with van der Waals surface area (Å²) in [5, 5.41) is 0. The largest absolute Gasteiger partial charge is 0.372 e. The van der Waals surface area contributed by atoms with E-state index < -0.39 is 6.04 Å². The standard InChI is InChI=1S/C21H26N2O/c1-16(22)21(24)19-7-9-20(10-8-19)23-13-11-18(12-14-23)15-17-5-3-2-4-6-17/h2-10,16,18H,11-15,22H2,1H3. The average Bonchev–Trinajstić information content (AvgIpc) is 2.63. The summed E-state index contributed by atoms with van der Waals surface area (Å²) in [6.45, 7) is 3.89. The molecule has 0 bridgehead atoms. The Morgan fingerprint density at radius 3 is 2.29 bits per heavy atom. The van der Waals surface area contributed by atoms with Crippen molar-refractivity contribution in [1.29, 1.82) is 0 Å². The molecule has 1 saturated heterocycles. The first-order valence-corrected chi connectivity index (χ1v) is 8.82. The summed E-state index contributed by atoms with van der Waals surface area (Å²) < 4.78 is 0. The Morgan fingerprint density at radius 2 is 1.71 bits per heavy atom. The molecule has 3 nitrogen and oxygen atoms in total. The predicted octanol–water partition coefficient (Wildman–Crippen LogP) is 3.68. The minimum absolute atomic E-state index is 0.00289. The molecule has 2 aromatic carbocycles. The molecule has 0 saturated carbocycles. The quantitative estimate of drug-likeness (QED) is 0.854. The van der Waals surface area contributed by atoms with Crippen molar-refractivity contribution in [2.75, 3.05) is 18.0 Å². The lowest BCUT2D eigenvalue weighted by atomic mass is 9.90. The second-order valence-electron chi connectivity index (χ2n) is 6.82. The van der Waals surface area contributed by atoms with Gasteiger partial charge in [0, 0.05) is 24.3 Å². The number of benzene rings is 2. The van der Waals surface area contributed by atoms with Gasteiger partial charge in [-0.2, -0.15) is 0 Å². The fourth-order valence-corrected chi connectivity index (χ4v) is 3.44. The minimum atomic E-state index is -0.440. The summed E-state index contributed by atoms with van der Waals surface area (Å²) >= 11 is 0. The first-order valence-electron chi connectivity index (χ1n) is 8.82. The van der Waals surface area contributed by atoms with E-state index in [1.54, 1.807) is 6.92 Å². The van der Waals surface area contributed by atoms with Gasteiger partial charge in [-0.25, -0.2) is 0 Å². The number of carbonyl (C=O) groups excluding carboxylic acids is 1. The van der Waals surface area contributed by atoms with E-state index in [0.717, 1.165) is 19.0 Å². The van der Waals surface area contributed by atoms with Crippen LogP contribution in [0.1, 0.15) is 35.7 Å². The van der Waals surface area contributed by atoms with Crippen LogP contribution in [0.3, 0.4) is 0 Å². The van der Waals surface area contributed by atoms with E-state index in [2.05, 4.69) is 35.2 Å². The van der Waals surface area contributed by atoms with E-state index in [1.165, 1.54) is 30.5 Å². The van der Waals surface area contributed by atoms with E-state index >= 15 is 0 Å². The SMILES string of the molecule is CC(N)C(=O)c1ccc(N2CCC(Cc3ccccc3)CC2)cc1. The molecule has 1 atom stereocenters. The number of nitrogens with two attached hydrogens (primary N) is 1. The van der Waals surface area contributed by atoms with Gasteiger partial charge in [0.05, 0.1) is 6.04 Å². The van der Waals surface area contributed by atoms with Gasteiger partial charge in [-0.15, -0.1) is 0 Å². The minimum Gasteiger partial charge on any atom is -0.372 e. The van der Waals surface area contributed by atoms with Crippen LogP contribution >= 0.6 is 0 Å². The smallest absolute Gasteiger partial charge is 0.179 e. The summed E-state index contributed by atoms with van der Waals surface area (Å²) in [7, 11) is 0. The molecule has 126 valence electrons. The molecular weight excluding hydrogens is 296 g/mol. The number of piperidine rings is 1. The Balaban J connectivity index is 1.56. The summed E-state index contributed by atoms with van der Waals surface area (Å²) in [6, 6.07) is 18.2. The average molecular weight is 322 g/mol. The zero-order valence-corrected chi connectivity index (χ0v) is 14.3. The molecule has 1 heterocycles. The normalized spacial score (nSPS) is 16.8. The molecule has 0 aliphatic carbocycles. The molecule has 24 heavy (non-hydrogen) atoms. The van der Waals surface area contributed by atoms with Crippen LogP contribution in [-0.4, -0.2) is 24.9 Å². The van der Waals surface area contributed by atoms with Crippen molar-refractivity contribution in [3.05, 3.63) is 65.7 Å². The maximum atomic E-state index is 11.9. The lowest BCUT2D eigenvalue weighted by molar-refractivity contribution is 0.0968. The molecule has 2 N–H and O–H groups in total. The molecule has 0 aromatic heterocycles. The number of hydrogen-bond acceptors (Lipinski definition) is 3. The van der Waals surface area contributed by atoms with Crippen LogP contribution < -0.4 is 10.6 Å². The molecule has 0 radical (unpaired) electrons. The topological polar surface area (TPSA) is 46.3 Å². The molecule has 1 unspecified atom stereocenters. The predicted molar refractivity (Wildman–Crippen MR) is 99.5 cm³/mol. The number of hydrogen-bond donors (Lipinski definition) is 1. The monoisotopic (exact) mass is 322 g/mol. The molecule has 1 aliphatic heterocycles. The highest BCUT2D eigenvalue weighted by molar-refractivity contribution is 5.99. The van der Waals surface area contributed by atoms with Gasteiger partial charge < -0.3 is 10.6 Å². The van der Waals surface area contributed by atoms with E-state index in [9.17, 15) is 4.79 Å². The maximum absolute atomic E-state index is 11.9. The highest BCUT2D eigenvalue weighted by atomic mass is 16.1. The number of nitrogens with zero attached hydrogens (tertiary/aromatic N) is 1. The highest BCUT2D eigenvalue weighted by Crippen LogP contribution is 2.26. The third kappa shape index (κ3) is 4.04. The number of rotatable bonds is 5. The second-order valence-corrected chi connectivity index (χ2v) is 6.82. The van der Waals surface area contributed by atoms with Gasteiger partial charge in [0.15, 0.2) is 5.78 Å². The Labute approximate surface area is 144 Å². The molecule has 0 amide bonds. The van der Waals surface area contributed by atoms with E-state index in [-0.39, 0.29) is 5.78 Å². The molecular formula is C21H26N2O. The first-order chi connectivity index (χ1) is 11.6. The Hall–Kier alpha value is -2.13. The lowest BCUT2D eigenvalue weighted by Gasteiger charge is -2.33. The van der Waals surface area contributed by atoms with Crippen LogP contribution in [0, 0.1) is 5.92 Å². The van der Waals surface area contributed by atoms with E-state index in [0.29, 0.717) is 5.56 Å². The third-order valence-electron chi connectivity index (χ3n) is 4.91. The van der Waals surface area contributed by atoms with Crippen molar-refractivity contribution in [3.8, 4) is 0 Å². The van der Waals surface area contributed by atoms with Gasteiger partial charge >= 0.3 is 0 Å². The Morgan fingerprint density at radius 1 is 1.08 bits per heavy atom. The molecule has 3 rings (SSSR count). The Bertz CT molecular complexity index is 656. The fraction of sp³-hybridized carbons (Fsp3) is 0.381.